The van der Waals surface area contributed by atoms with E-state index in [-0.39, 0.29) is 46.0 Å². The number of anilines is 1. The molecular weight excluding hydrogens is 540 g/mol. The molecule has 1 amide bonds. The number of likely N-dealkylation sites (tertiary alicyclic amines) is 1. The summed E-state index contributed by atoms with van der Waals surface area (Å²) in [6.07, 6.45) is 2.33. The topological polar surface area (TPSA) is 81.8 Å². The molecule has 40 heavy (non-hydrogen) atoms. The summed E-state index contributed by atoms with van der Waals surface area (Å²) in [5, 5.41) is 10.9. The third-order valence-electron chi connectivity index (χ3n) is 7.97. The molecule has 0 N–H and O–H groups in total. The maximum absolute atomic E-state index is 15.0. The number of pyridine rings is 1. The minimum Gasteiger partial charge on any atom is -0.488 e. The normalized spacial score (nSPS) is 18.7. The molecule has 8 nitrogen and oxygen atoms in total. The number of aromatic nitrogens is 1. The molecule has 2 fully saturated rings. The maximum Gasteiger partial charge on any atom is 0.271 e. The number of amides is 1. The predicted molar refractivity (Wildman–Crippen MR) is 148 cm³/mol. The molecule has 11 heteroatoms. The molecule has 206 valence electrons. The molecule has 0 spiro atoms. The molecule has 2 saturated heterocycles. The summed E-state index contributed by atoms with van der Waals surface area (Å²) in [6, 6.07) is 6.60. The maximum atomic E-state index is 15.0. The third-order valence-corrected chi connectivity index (χ3v) is 8.27. The Morgan fingerprint density at radius 1 is 1.18 bits per heavy atom. The Kier molecular flexibility index (Phi) is 6.72. The van der Waals surface area contributed by atoms with Gasteiger partial charge in [0.1, 0.15) is 29.9 Å². The van der Waals surface area contributed by atoms with Crippen LogP contribution in [0.5, 0.6) is 5.75 Å². The molecule has 3 aromatic rings. The van der Waals surface area contributed by atoms with E-state index >= 15 is 4.39 Å². The monoisotopic (exact) mass is 565 g/mol. The van der Waals surface area contributed by atoms with Crippen molar-refractivity contribution in [2.75, 3.05) is 57.3 Å². The van der Waals surface area contributed by atoms with E-state index in [1.54, 1.807) is 15.5 Å². The Morgan fingerprint density at radius 3 is 2.55 bits per heavy atom. The zero-order chi connectivity index (χ0) is 28.1. The first-order valence-electron chi connectivity index (χ1n) is 13.1. The van der Waals surface area contributed by atoms with Crippen molar-refractivity contribution < 1.29 is 18.3 Å². The number of nitriles is 1. The number of halogens is 3. The summed E-state index contributed by atoms with van der Waals surface area (Å²) < 4.78 is 36.7. The average Bonchev–Trinajstić information content (AvgIpc) is 2.93. The lowest BCUT2D eigenvalue weighted by Crippen LogP contribution is -2.49. The van der Waals surface area contributed by atoms with Gasteiger partial charge in [-0.2, -0.15) is 5.26 Å². The highest BCUT2D eigenvalue weighted by Gasteiger charge is 2.35. The Bertz CT molecular complexity index is 1650. The highest BCUT2D eigenvalue weighted by atomic mass is 35.5. The van der Waals surface area contributed by atoms with E-state index in [0.29, 0.717) is 49.3 Å². The van der Waals surface area contributed by atoms with Crippen LogP contribution in [0.4, 0.5) is 14.5 Å². The molecule has 6 rings (SSSR count). The molecule has 4 heterocycles. The van der Waals surface area contributed by atoms with Gasteiger partial charge in [-0.25, -0.2) is 8.78 Å². The van der Waals surface area contributed by atoms with Gasteiger partial charge in [0.25, 0.3) is 5.56 Å². The van der Waals surface area contributed by atoms with Crippen molar-refractivity contribution in [3.05, 3.63) is 69.5 Å². The summed E-state index contributed by atoms with van der Waals surface area (Å²) >= 11 is 6.79. The zero-order valence-corrected chi connectivity index (χ0v) is 22.4. The highest BCUT2D eigenvalue weighted by Crippen LogP contribution is 2.48. The number of nitrogens with zero attached hydrogens (tertiary/aromatic N) is 5. The van der Waals surface area contributed by atoms with Crippen molar-refractivity contribution in [3.8, 4) is 22.9 Å². The molecule has 1 aromatic heterocycles. The van der Waals surface area contributed by atoms with Crippen LogP contribution in [0, 0.1) is 23.0 Å². The van der Waals surface area contributed by atoms with Crippen LogP contribution in [-0.4, -0.2) is 72.7 Å². The predicted octanol–water partition coefficient (Wildman–Crippen LogP) is 3.95. The van der Waals surface area contributed by atoms with Crippen molar-refractivity contribution >= 4 is 34.1 Å². The van der Waals surface area contributed by atoms with Crippen LogP contribution in [0.1, 0.15) is 18.0 Å². The summed E-state index contributed by atoms with van der Waals surface area (Å²) in [5.41, 5.74) is 0.618. The fraction of sp³-hybridized carbons (Fsp3) is 0.345. The molecule has 0 saturated carbocycles. The van der Waals surface area contributed by atoms with Gasteiger partial charge in [-0.05, 0) is 43.8 Å². The largest absolute Gasteiger partial charge is 0.488 e. The van der Waals surface area contributed by atoms with Gasteiger partial charge in [-0.1, -0.05) is 18.2 Å². The highest BCUT2D eigenvalue weighted by molar-refractivity contribution is 6.35. The van der Waals surface area contributed by atoms with Crippen molar-refractivity contribution in [3.63, 3.8) is 0 Å². The van der Waals surface area contributed by atoms with E-state index in [1.807, 2.05) is 4.90 Å². The lowest BCUT2D eigenvalue weighted by molar-refractivity contribution is -0.126. The van der Waals surface area contributed by atoms with E-state index in [9.17, 15) is 19.2 Å². The number of carbonyl (C=O) groups is 1. The molecule has 0 radical (unpaired) electrons. The summed E-state index contributed by atoms with van der Waals surface area (Å²) in [7, 11) is 0. The molecule has 0 aliphatic carbocycles. The minimum absolute atomic E-state index is 0.0192. The van der Waals surface area contributed by atoms with Gasteiger partial charge in [0.05, 0.1) is 22.3 Å². The zero-order valence-electron chi connectivity index (χ0n) is 21.6. The molecule has 3 aliphatic heterocycles. The Balaban J connectivity index is 1.60. The van der Waals surface area contributed by atoms with Gasteiger partial charge in [0.2, 0.25) is 5.91 Å². The van der Waals surface area contributed by atoms with Crippen LogP contribution in [0.15, 0.2) is 41.7 Å². The van der Waals surface area contributed by atoms with E-state index in [1.165, 1.54) is 12.1 Å². The van der Waals surface area contributed by atoms with Gasteiger partial charge in [-0.3, -0.25) is 14.2 Å². The van der Waals surface area contributed by atoms with Gasteiger partial charge >= 0.3 is 0 Å². The first-order valence-corrected chi connectivity index (χ1v) is 13.5. The third kappa shape index (κ3) is 4.21. The minimum atomic E-state index is -0.811. The second kappa shape index (κ2) is 10.2. The summed E-state index contributed by atoms with van der Waals surface area (Å²) in [5.74, 6) is -1.51. The van der Waals surface area contributed by atoms with Crippen LogP contribution in [0.3, 0.4) is 0 Å². The van der Waals surface area contributed by atoms with Crippen LogP contribution in [-0.2, 0) is 4.79 Å². The number of piperazine rings is 1. The molecule has 2 aromatic carbocycles. The molecular formula is C29H26ClF2N5O3. The average molecular weight is 566 g/mol. The van der Waals surface area contributed by atoms with Crippen molar-refractivity contribution in [1.82, 2.24) is 14.4 Å². The van der Waals surface area contributed by atoms with E-state index in [4.69, 9.17) is 16.3 Å². The second-order valence-electron chi connectivity index (χ2n) is 10.2. The number of rotatable bonds is 5. The summed E-state index contributed by atoms with van der Waals surface area (Å²) in [6.45, 7) is 7.58. The van der Waals surface area contributed by atoms with Crippen molar-refractivity contribution in [1.29, 1.82) is 5.26 Å². The SMILES string of the molecule is C=CC(=O)N1CCN(c2c(C#N)c(=O)n3c4c(c(-c5ccc(F)cc5F)c(Cl)cc24)OCC3CN2CCC2)CC1. The van der Waals surface area contributed by atoms with E-state index < -0.39 is 17.2 Å². The van der Waals surface area contributed by atoms with Crippen LogP contribution in [0.2, 0.25) is 5.02 Å². The van der Waals surface area contributed by atoms with E-state index in [2.05, 4.69) is 17.5 Å². The Labute approximate surface area is 234 Å². The first kappa shape index (κ1) is 26.3. The number of carbonyl (C=O) groups excluding carboxylic acids is 1. The van der Waals surface area contributed by atoms with Crippen LogP contribution < -0.4 is 15.2 Å². The van der Waals surface area contributed by atoms with Gasteiger partial charge in [0.15, 0.2) is 5.75 Å². The fourth-order valence-corrected chi connectivity index (χ4v) is 6.18. The quantitative estimate of drug-likeness (QED) is 0.436. The smallest absolute Gasteiger partial charge is 0.271 e. The standard InChI is InChI=1S/C29H26ClF2N5O3/c1-2-24(38)35-8-10-36(11-9-35)26-20-13-22(30)25(19-5-4-17(31)12-23(19)32)28-27(20)37(29(39)21(26)14-33)18(16-40-28)15-34-6-3-7-34/h2,4-5,12-13,18H,1,3,6-11,15-16H2. The molecule has 1 atom stereocenters. The lowest BCUT2D eigenvalue weighted by Gasteiger charge is -2.39. The van der Waals surface area contributed by atoms with Crippen LogP contribution >= 0.6 is 11.6 Å². The summed E-state index contributed by atoms with van der Waals surface area (Å²) in [4.78, 5) is 32.0. The Morgan fingerprint density at radius 2 is 1.93 bits per heavy atom. The van der Waals surface area contributed by atoms with Crippen LogP contribution in [0.25, 0.3) is 22.0 Å². The Hall–Kier alpha value is -3.94. The van der Waals surface area contributed by atoms with E-state index in [0.717, 1.165) is 31.6 Å². The molecule has 0 bridgehead atoms. The fourth-order valence-electron chi connectivity index (χ4n) is 5.89. The first-order chi connectivity index (χ1) is 19.3. The second-order valence-corrected chi connectivity index (χ2v) is 10.6. The van der Waals surface area contributed by atoms with Gasteiger partial charge in [0, 0.05) is 55.3 Å². The number of hydrogen-bond acceptors (Lipinski definition) is 6. The molecule has 3 aliphatic rings. The number of hydrogen-bond donors (Lipinski definition) is 0. The van der Waals surface area contributed by atoms with Crippen molar-refractivity contribution in [2.45, 2.75) is 12.5 Å². The number of benzene rings is 2. The number of ether oxygens (including phenoxy) is 1. The van der Waals surface area contributed by atoms with Crippen molar-refractivity contribution in [2.24, 2.45) is 0 Å². The van der Waals surface area contributed by atoms with Gasteiger partial charge < -0.3 is 19.4 Å². The lowest BCUT2D eigenvalue weighted by atomic mass is 9.97. The molecule has 1 unspecified atom stereocenters. The van der Waals surface area contributed by atoms with Gasteiger partial charge in [-0.15, -0.1) is 0 Å².